The molecule has 0 saturated carbocycles. The van der Waals surface area contributed by atoms with Crippen molar-refractivity contribution in [1.29, 1.82) is 0 Å². The third-order valence-corrected chi connectivity index (χ3v) is 3.20. The van der Waals surface area contributed by atoms with E-state index in [0.717, 1.165) is 24.3 Å². The van der Waals surface area contributed by atoms with Crippen LogP contribution >= 0.6 is 0 Å². The van der Waals surface area contributed by atoms with Crippen LogP contribution in [-0.2, 0) is 6.54 Å². The zero-order valence-corrected chi connectivity index (χ0v) is 12.3. The number of nitrogens with zero attached hydrogens (tertiary/aromatic N) is 3. The van der Waals surface area contributed by atoms with Crippen molar-refractivity contribution in [2.75, 3.05) is 11.9 Å². The maximum atomic E-state index is 12.2. The van der Waals surface area contributed by atoms with Crippen LogP contribution in [-0.4, -0.2) is 20.7 Å². The summed E-state index contributed by atoms with van der Waals surface area (Å²) in [4.78, 5) is 16.6. The van der Waals surface area contributed by atoms with Gasteiger partial charge in [0.2, 0.25) is 0 Å². The van der Waals surface area contributed by atoms with Gasteiger partial charge in [-0.05, 0) is 26.3 Å². The number of pyridine rings is 1. The molecule has 0 radical (unpaired) electrons. The van der Waals surface area contributed by atoms with E-state index in [1.165, 1.54) is 0 Å². The molecule has 0 atom stereocenters. The first-order chi connectivity index (χ1) is 9.63. The molecule has 0 aliphatic carbocycles. The second-order valence-corrected chi connectivity index (χ2v) is 5.15. The molecule has 2 heterocycles. The molecule has 0 amide bonds. The number of aromatic nitrogens is 3. The van der Waals surface area contributed by atoms with Gasteiger partial charge in [-0.15, -0.1) is 0 Å². The number of hydrogen-bond donors (Lipinski definition) is 1. The molecule has 2 aromatic heterocycles. The molecule has 108 valence electrons. The summed E-state index contributed by atoms with van der Waals surface area (Å²) >= 11 is 0. The van der Waals surface area contributed by atoms with Crippen LogP contribution in [0.4, 0.5) is 5.82 Å². The molecule has 0 aromatic carbocycles. The minimum absolute atomic E-state index is 0.0188. The molecule has 1 N–H and O–H groups in total. The Labute approximate surface area is 119 Å². The first kappa shape index (κ1) is 14.4. The lowest BCUT2D eigenvalue weighted by Crippen LogP contribution is -2.25. The summed E-state index contributed by atoms with van der Waals surface area (Å²) in [6.45, 7) is 7.54. The lowest BCUT2D eigenvalue weighted by Gasteiger charge is -2.10. The Kier molecular flexibility index (Phi) is 4.61. The molecular formula is C15H22N4O. The summed E-state index contributed by atoms with van der Waals surface area (Å²) in [6, 6.07) is 4.08. The standard InChI is InChI=1S/C15H22N4O/c1-4-7-16-14-13(6-5-8-17-14)11-18-9-10-19(12(2)3)15(18)20/h5-6,8-10,12H,4,7,11H2,1-3H3,(H,16,17). The lowest BCUT2D eigenvalue weighted by atomic mass is 10.2. The van der Waals surface area contributed by atoms with Crippen LogP contribution in [0, 0.1) is 0 Å². The van der Waals surface area contributed by atoms with Gasteiger partial charge < -0.3 is 5.32 Å². The molecule has 0 unspecified atom stereocenters. The largest absolute Gasteiger partial charge is 0.370 e. The van der Waals surface area contributed by atoms with Crippen molar-refractivity contribution in [2.45, 2.75) is 39.8 Å². The van der Waals surface area contributed by atoms with E-state index < -0.39 is 0 Å². The van der Waals surface area contributed by atoms with E-state index in [1.54, 1.807) is 15.3 Å². The highest BCUT2D eigenvalue weighted by Crippen LogP contribution is 2.12. The van der Waals surface area contributed by atoms with Crippen LogP contribution in [0.5, 0.6) is 0 Å². The van der Waals surface area contributed by atoms with Crippen LogP contribution in [0.1, 0.15) is 38.8 Å². The van der Waals surface area contributed by atoms with E-state index in [4.69, 9.17) is 0 Å². The SMILES string of the molecule is CCCNc1ncccc1Cn1ccn(C(C)C)c1=O. The molecule has 0 saturated heterocycles. The van der Waals surface area contributed by atoms with E-state index in [1.807, 2.05) is 38.4 Å². The predicted octanol–water partition coefficient (Wildman–Crippen LogP) is 2.50. The van der Waals surface area contributed by atoms with Crippen molar-refractivity contribution >= 4 is 5.82 Å². The Bertz CT molecular complexity index is 612. The molecule has 0 aliphatic rings. The summed E-state index contributed by atoms with van der Waals surface area (Å²) in [5, 5.41) is 3.30. The zero-order valence-electron chi connectivity index (χ0n) is 12.3. The summed E-state index contributed by atoms with van der Waals surface area (Å²) in [6.07, 6.45) is 6.48. The average molecular weight is 274 g/mol. The molecule has 0 bridgehead atoms. The van der Waals surface area contributed by atoms with Gasteiger partial charge in [-0.2, -0.15) is 0 Å². The number of anilines is 1. The molecule has 0 fully saturated rings. The van der Waals surface area contributed by atoms with Crippen LogP contribution < -0.4 is 11.0 Å². The van der Waals surface area contributed by atoms with E-state index >= 15 is 0 Å². The zero-order chi connectivity index (χ0) is 14.5. The third-order valence-electron chi connectivity index (χ3n) is 3.20. The first-order valence-electron chi connectivity index (χ1n) is 7.08. The van der Waals surface area contributed by atoms with Crippen LogP contribution in [0.2, 0.25) is 0 Å². The Morgan fingerprint density at radius 1 is 1.35 bits per heavy atom. The van der Waals surface area contributed by atoms with E-state index in [0.29, 0.717) is 6.54 Å². The highest BCUT2D eigenvalue weighted by Gasteiger charge is 2.09. The van der Waals surface area contributed by atoms with Gasteiger partial charge in [-0.3, -0.25) is 9.13 Å². The van der Waals surface area contributed by atoms with Gasteiger partial charge in [-0.25, -0.2) is 9.78 Å². The smallest absolute Gasteiger partial charge is 0.328 e. The fraction of sp³-hybridized carbons (Fsp3) is 0.467. The second-order valence-electron chi connectivity index (χ2n) is 5.15. The first-order valence-corrected chi connectivity index (χ1v) is 7.08. The van der Waals surface area contributed by atoms with E-state index in [-0.39, 0.29) is 11.7 Å². The van der Waals surface area contributed by atoms with Gasteiger partial charge in [0.1, 0.15) is 5.82 Å². The van der Waals surface area contributed by atoms with Crippen molar-refractivity contribution in [3.05, 3.63) is 46.8 Å². The topological polar surface area (TPSA) is 51.9 Å². The van der Waals surface area contributed by atoms with E-state index in [9.17, 15) is 4.79 Å². The molecule has 5 heteroatoms. The molecule has 2 rings (SSSR count). The van der Waals surface area contributed by atoms with Gasteiger partial charge in [0.05, 0.1) is 6.54 Å². The van der Waals surface area contributed by atoms with Crippen molar-refractivity contribution in [2.24, 2.45) is 0 Å². The summed E-state index contributed by atoms with van der Waals surface area (Å²) in [5.74, 6) is 0.860. The van der Waals surface area contributed by atoms with Gasteiger partial charge in [0, 0.05) is 36.7 Å². The molecular weight excluding hydrogens is 252 g/mol. The van der Waals surface area contributed by atoms with Gasteiger partial charge >= 0.3 is 5.69 Å². The van der Waals surface area contributed by atoms with Gasteiger partial charge in [0.15, 0.2) is 0 Å². The maximum Gasteiger partial charge on any atom is 0.328 e. The maximum absolute atomic E-state index is 12.2. The molecule has 0 aliphatic heterocycles. The van der Waals surface area contributed by atoms with Gasteiger partial charge in [0.25, 0.3) is 0 Å². The number of imidazole rings is 1. The molecule has 2 aromatic rings. The highest BCUT2D eigenvalue weighted by atomic mass is 16.1. The number of nitrogens with one attached hydrogen (secondary N) is 1. The molecule has 5 nitrogen and oxygen atoms in total. The van der Waals surface area contributed by atoms with Crippen LogP contribution in [0.3, 0.4) is 0 Å². The Balaban J connectivity index is 2.24. The quantitative estimate of drug-likeness (QED) is 0.880. The summed E-state index contributed by atoms with van der Waals surface area (Å²) < 4.78 is 3.45. The number of hydrogen-bond acceptors (Lipinski definition) is 3. The Morgan fingerprint density at radius 2 is 2.15 bits per heavy atom. The van der Waals surface area contributed by atoms with Crippen LogP contribution in [0.25, 0.3) is 0 Å². The minimum Gasteiger partial charge on any atom is -0.370 e. The third kappa shape index (κ3) is 3.10. The summed E-state index contributed by atoms with van der Waals surface area (Å²) in [5.41, 5.74) is 1.05. The lowest BCUT2D eigenvalue weighted by molar-refractivity contribution is 0.561. The monoisotopic (exact) mass is 274 g/mol. The van der Waals surface area contributed by atoms with Gasteiger partial charge in [-0.1, -0.05) is 13.0 Å². The summed E-state index contributed by atoms with van der Waals surface area (Å²) in [7, 11) is 0. The second kappa shape index (κ2) is 6.41. The average Bonchev–Trinajstić information content (AvgIpc) is 2.79. The predicted molar refractivity (Wildman–Crippen MR) is 81.2 cm³/mol. The molecule has 20 heavy (non-hydrogen) atoms. The molecule has 0 spiro atoms. The van der Waals surface area contributed by atoms with Crippen LogP contribution in [0.15, 0.2) is 35.5 Å². The Morgan fingerprint density at radius 3 is 2.80 bits per heavy atom. The highest BCUT2D eigenvalue weighted by molar-refractivity contribution is 5.43. The fourth-order valence-corrected chi connectivity index (χ4v) is 2.09. The van der Waals surface area contributed by atoms with Crippen molar-refractivity contribution in [3.8, 4) is 0 Å². The van der Waals surface area contributed by atoms with Crippen molar-refractivity contribution < 1.29 is 0 Å². The minimum atomic E-state index is 0.0188. The van der Waals surface area contributed by atoms with Crippen molar-refractivity contribution in [3.63, 3.8) is 0 Å². The van der Waals surface area contributed by atoms with E-state index in [2.05, 4.69) is 17.2 Å². The number of rotatable bonds is 6. The Hall–Kier alpha value is -2.04. The normalized spacial score (nSPS) is 11.0. The van der Waals surface area contributed by atoms with Crippen molar-refractivity contribution in [1.82, 2.24) is 14.1 Å². The fourth-order valence-electron chi connectivity index (χ4n) is 2.09.